The number of aryl methyl sites for hydroxylation is 2. The van der Waals surface area contributed by atoms with E-state index in [1.807, 2.05) is 31.3 Å². The molecule has 0 spiro atoms. The molecule has 0 atom stereocenters. The third-order valence-corrected chi connectivity index (χ3v) is 2.80. The predicted molar refractivity (Wildman–Crippen MR) is 75.2 cm³/mol. The van der Waals surface area contributed by atoms with E-state index in [-0.39, 0.29) is 0 Å². The van der Waals surface area contributed by atoms with Gasteiger partial charge in [-0.05, 0) is 44.7 Å². The number of hydrogen-bond donors (Lipinski definition) is 1. The molecular formula is C16H19NO. The van der Waals surface area contributed by atoms with E-state index in [1.165, 1.54) is 16.7 Å². The van der Waals surface area contributed by atoms with Crippen LogP contribution in [0.4, 0.5) is 0 Å². The maximum Gasteiger partial charge on any atom is 0.131 e. The Hall–Kier alpha value is -1.80. The van der Waals surface area contributed by atoms with Gasteiger partial charge in [-0.2, -0.15) is 0 Å². The lowest BCUT2D eigenvalue weighted by molar-refractivity contribution is 0.474. The molecule has 2 heteroatoms. The van der Waals surface area contributed by atoms with E-state index in [9.17, 15) is 0 Å². The second-order valence-electron chi connectivity index (χ2n) is 4.56. The maximum absolute atomic E-state index is 5.96. The van der Waals surface area contributed by atoms with Crippen molar-refractivity contribution in [1.82, 2.24) is 5.32 Å². The molecule has 0 heterocycles. The van der Waals surface area contributed by atoms with E-state index in [0.29, 0.717) is 0 Å². The summed E-state index contributed by atoms with van der Waals surface area (Å²) in [6.45, 7) is 4.97. The van der Waals surface area contributed by atoms with Gasteiger partial charge in [0.15, 0.2) is 0 Å². The SMILES string of the molecule is CNCc1cc(C)ccc1Oc1cccc(C)c1. The fourth-order valence-electron chi connectivity index (χ4n) is 1.94. The highest BCUT2D eigenvalue weighted by molar-refractivity contribution is 5.40. The van der Waals surface area contributed by atoms with Crippen molar-refractivity contribution in [3.63, 3.8) is 0 Å². The number of ether oxygens (including phenoxy) is 1. The van der Waals surface area contributed by atoms with Crippen molar-refractivity contribution in [3.8, 4) is 11.5 Å². The van der Waals surface area contributed by atoms with Gasteiger partial charge >= 0.3 is 0 Å². The van der Waals surface area contributed by atoms with E-state index >= 15 is 0 Å². The highest BCUT2D eigenvalue weighted by Gasteiger charge is 2.05. The Balaban J connectivity index is 2.28. The maximum atomic E-state index is 5.96. The normalized spacial score (nSPS) is 10.4. The van der Waals surface area contributed by atoms with Crippen LogP contribution in [0.15, 0.2) is 42.5 Å². The van der Waals surface area contributed by atoms with Gasteiger partial charge in [-0.1, -0.05) is 29.8 Å². The molecule has 0 aliphatic rings. The molecule has 1 N–H and O–H groups in total. The molecule has 2 aromatic rings. The zero-order valence-electron chi connectivity index (χ0n) is 11.2. The molecule has 0 radical (unpaired) electrons. The van der Waals surface area contributed by atoms with E-state index in [1.54, 1.807) is 0 Å². The second-order valence-corrected chi connectivity index (χ2v) is 4.56. The quantitative estimate of drug-likeness (QED) is 0.878. The topological polar surface area (TPSA) is 21.3 Å². The molecule has 0 unspecified atom stereocenters. The minimum atomic E-state index is 0.808. The van der Waals surface area contributed by atoms with Gasteiger partial charge in [-0.3, -0.25) is 0 Å². The third-order valence-electron chi connectivity index (χ3n) is 2.80. The van der Waals surface area contributed by atoms with E-state index < -0.39 is 0 Å². The van der Waals surface area contributed by atoms with Gasteiger partial charge in [0.25, 0.3) is 0 Å². The van der Waals surface area contributed by atoms with Gasteiger partial charge in [0, 0.05) is 12.1 Å². The lowest BCUT2D eigenvalue weighted by atomic mass is 10.1. The van der Waals surface area contributed by atoms with Crippen LogP contribution < -0.4 is 10.1 Å². The lowest BCUT2D eigenvalue weighted by Crippen LogP contribution is -2.06. The van der Waals surface area contributed by atoms with Crippen LogP contribution in [0, 0.1) is 13.8 Å². The predicted octanol–water partition coefficient (Wildman–Crippen LogP) is 3.82. The standard InChI is InChI=1S/C16H19NO/c1-12-5-4-6-15(10-12)18-16-8-7-13(2)9-14(16)11-17-3/h4-10,17H,11H2,1-3H3. The summed E-state index contributed by atoms with van der Waals surface area (Å²) in [5, 5.41) is 3.17. The lowest BCUT2D eigenvalue weighted by Gasteiger charge is -2.12. The number of rotatable bonds is 4. The molecule has 0 bridgehead atoms. The Bertz CT molecular complexity index is 534. The highest BCUT2D eigenvalue weighted by atomic mass is 16.5. The number of benzene rings is 2. The average Bonchev–Trinajstić information content (AvgIpc) is 2.33. The molecule has 0 saturated carbocycles. The largest absolute Gasteiger partial charge is 0.457 e. The van der Waals surface area contributed by atoms with Crippen LogP contribution in [-0.4, -0.2) is 7.05 Å². The first kappa shape index (κ1) is 12.7. The zero-order chi connectivity index (χ0) is 13.0. The monoisotopic (exact) mass is 241 g/mol. The molecule has 94 valence electrons. The third kappa shape index (κ3) is 3.11. The van der Waals surface area contributed by atoms with Gasteiger partial charge in [0.05, 0.1) is 0 Å². The Morgan fingerprint density at radius 2 is 1.78 bits per heavy atom. The van der Waals surface area contributed by atoms with Crippen LogP contribution >= 0.6 is 0 Å². The summed E-state index contributed by atoms with van der Waals surface area (Å²) in [5.74, 6) is 1.80. The van der Waals surface area contributed by atoms with E-state index in [4.69, 9.17) is 4.74 Å². The number of hydrogen-bond acceptors (Lipinski definition) is 2. The molecule has 0 fully saturated rings. The van der Waals surface area contributed by atoms with Crippen LogP contribution in [-0.2, 0) is 6.54 Å². The summed E-state index contributed by atoms with van der Waals surface area (Å²) in [4.78, 5) is 0. The molecule has 0 saturated heterocycles. The van der Waals surface area contributed by atoms with Crippen molar-refractivity contribution in [1.29, 1.82) is 0 Å². The Kier molecular flexibility index (Phi) is 4.00. The molecule has 0 aromatic heterocycles. The van der Waals surface area contributed by atoms with Gasteiger partial charge in [-0.15, -0.1) is 0 Å². The van der Waals surface area contributed by atoms with Crippen LogP contribution in [0.5, 0.6) is 11.5 Å². The van der Waals surface area contributed by atoms with Crippen LogP contribution in [0.1, 0.15) is 16.7 Å². The van der Waals surface area contributed by atoms with Crippen molar-refractivity contribution >= 4 is 0 Å². The Labute approximate surface area is 109 Å². The average molecular weight is 241 g/mol. The molecule has 0 aliphatic heterocycles. The van der Waals surface area contributed by atoms with Crippen LogP contribution in [0.25, 0.3) is 0 Å². The fourth-order valence-corrected chi connectivity index (χ4v) is 1.94. The van der Waals surface area contributed by atoms with Crippen LogP contribution in [0.3, 0.4) is 0 Å². The molecule has 0 amide bonds. The van der Waals surface area contributed by atoms with Crippen molar-refractivity contribution in [2.24, 2.45) is 0 Å². The molecule has 0 aliphatic carbocycles. The summed E-state index contributed by atoms with van der Waals surface area (Å²) in [7, 11) is 1.94. The first-order chi connectivity index (χ1) is 8.69. The van der Waals surface area contributed by atoms with Crippen molar-refractivity contribution < 1.29 is 4.74 Å². The molecular weight excluding hydrogens is 222 g/mol. The van der Waals surface area contributed by atoms with Crippen molar-refractivity contribution in [3.05, 3.63) is 59.2 Å². The smallest absolute Gasteiger partial charge is 0.131 e. The summed E-state index contributed by atoms with van der Waals surface area (Å²) in [6.07, 6.45) is 0. The molecule has 2 nitrogen and oxygen atoms in total. The van der Waals surface area contributed by atoms with Gasteiger partial charge in [0.1, 0.15) is 11.5 Å². The van der Waals surface area contributed by atoms with Crippen molar-refractivity contribution in [2.45, 2.75) is 20.4 Å². The van der Waals surface area contributed by atoms with E-state index in [2.05, 4.69) is 37.4 Å². The minimum Gasteiger partial charge on any atom is -0.457 e. The zero-order valence-corrected chi connectivity index (χ0v) is 11.2. The number of nitrogens with one attached hydrogen (secondary N) is 1. The molecule has 2 rings (SSSR count). The van der Waals surface area contributed by atoms with Crippen molar-refractivity contribution in [2.75, 3.05) is 7.05 Å². The Morgan fingerprint density at radius 3 is 2.50 bits per heavy atom. The van der Waals surface area contributed by atoms with E-state index in [0.717, 1.165) is 18.0 Å². The molecule has 18 heavy (non-hydrogen) atoms. The molecule has 2 aromatic carbocycles. The minimum absolute atomic E-state index is 0.808. The van der Waals surface area contributed by atoms with Gasteiger partial charge in [-0.25, -0.2) is 0 Å². The van der Waals surface area contributed by atoms with Gasteiger partial charge < -0.3 is 10.1 Å². The summed E-state index contributed by atoms with van der Waals surface area (Å²) < 4.78 is 5.96. The second kappa shape index (κ2) is 5.69. The van der Waals surface area contributed by atoms with Gasteiger partial charge in [0.2, 0.25) is 0 Å². The highest BCUT2D eigenvalue weighted by Crippen LogP contribution is 2.26. The van der Waals surface area contributed by atoms with Crippen LogP contribution in [0.2, 0.25) is 0 Å². The first-order valence-corrected chi connectivity index (χ1v) is 6.17. The first-order valence-electron chi connectivity index (χ1n) is 6.17. The Morgan fingerprint density at radius 1 is 1.00 bits per heavy atom. The summed E-state index contributed by atoms with van der Waals surface area (Å²) in [6, 6.07) is 14.4. The summed E-state index contributed by atoms with van der Waals surface area (Å²) in [5.41, 5.74) is 3.63. The summed E-state index contributed by atoms with van der Waals surface area (Å²) >= 11 is 0. The fraction of sp³-hybridized carbons (Fsp3) is 0.250.